The minimum Gasteiger partial charge on any atom is -0.393 e. The van der Waals surface area contributed by atoms with Crippen LogP contribution in [0.2, 0.25) is 0 Å². The highest BCUT2D eigenvalue weighted by Gasteiger charge is 2.21. The fourth-order valence-electron chi connectivity index (χ4n) is 1.57. The number of aromatic nitrogens is 2. The van der Waals surface area contributed by atoms with Crippen molar-refractivity contribution in [3.63, 3.8) is 0 Å². The first-order valence-electron chi connectivity index (χ1n) is 5.14. The van der Waals surface area contributed by atoms with Gasteiger partial charge in [0.05, 0.1) is 17.9 Å². The zero-order valence-electron chi connectivity index (χ0n) is 9.90. The second-order valence-electron chi connectivity index (χ2n) is 4.55. The molecule has 0 amide bonds. The van der Waals surface area contributed by atoms with E-state index < -0.39 is 0 Å². The molecule has 86 valence electrons. The molecule has 0 aliphatic heterocycles. The summed E-state index contributed by atoms with van der Waals surface area (Å²) in [6.45, 7) is 3.94. The summed E-state index contributed by atoms with van der Waals surface area (Å²) in [5.74, 6) is 0. The van der Waals surface area contributed by atoms with Crippen LogP contribution in [0.5, 0.6) is 0 Å². The van der Waals surface area contributed by atoms with Gasteiger partial charge in [-0.1, -0.05) is 0 Å². The number of hydrogen-bond donors (Lipinski definition) is 1. The van der Waals surface area contributed by atoms with Crippen molar-refractivity contribution in [1.29, 1.82) is 0 Å². The molecule has 4 nitrogen and oxygen atoms in total. The molecule has 1 heterocycles. The number of nitrogens with zero attached hydrogens (tertiary/aromatic N) is 2. The van der Waals surface area contributed by atoms with Crippen molar-refractivity contribution >= 4 is 0 Å². The van der Waals surface area contributed by atoms with Crippen LogP contribution in [0.3, 0.4) is 0 Å². The van der Waals surface area contributed by atoms with Gasteiger partial charge in [-0.25, -0.2) is 0 Å². The summed E-state index contributed by atoms with van der Waals surface area (Å²) in [5.41, 5.74) is 0.777. The first-order chi connectivity index (χ1) is 6.93. The molecule has 0 saturated carbocycles. The molecule has 0 saturated heterocycles. The Kier molecular flexibility index (Phi) is 3.88. The first kappa shape index (κ1) is 12.2. The lowest BCUT2D eigenvalue weighted by Gasteiger charge is -2.25. The van der Waals surface area contributed by atoms with Gasteiger partial charge in [0, 0.05) is 33.2 Å². The molecule has 1 atom stereocenters. The van der Waals surface area contributed by atoms with Crippen molar-refractivity contribution in [2.24, 2.45) is 7.05 Å². The van der Waals surface area contributed by atoms with E-state index in [1.807, 2.05) is 27.1 Å². The largest absolute Gasteiger partial charge is 0.393 e. The van der Waals surface area contributed by atoms with Crippen LogP contribution in [0.1, 0.15) is 25.8 Å². The minimum atomic E-state index is -0.385. The zero-order chi connectivity index (χ0) is 11.5. The predicted octanol–water partition coefficient (Wildman–Crippen LogP) is 1.14. The minimum absolute atomic E-state index is 0.276. The van der Waals surface area contributed by atoms with E-state index in [0.29, 0.717) is 12.8 Å². The summed E-state index contributed by atoms with van der Waals surface area (Å²) in [5, 5.41) is 13.9. The Morgan fingerprint density at radius 3 is 2.73 bits per heavy atom. The van der Waals surface area contributed by atoms with Gasteiger partial charge in [-0.15, -0.1) is 0 Å². The maximum atomic E-state index is 9.86. The Morgan fingerprint density at radius 1 is 1.60 bits per heavy atom. The van der Waals surface area contributed by atoms with Gasteiger partial charge in [0.15, 0.2) is 0 Å². The molecule has 1 aromatic rings. The van der Waals surface area contributed by atoms with Crippen molar-refractivity contribution in [1.82, 2.24) is 9.78 Å². The van der Waals surface area contributed by atoms with E-state index in [-0.39, 0.29) is 11.7 Å². The number of aliphatic hydroxyl groups excluding tert-OH is 1. The zero-order valence-corrected chi connectivity index (χ0v) is 9.90. The number of aryl methyl sites for hydroxylation is 1. The molecule has 0 aliphatic carbocycles. The van der Waals surface area contributed by atoms with Crippen molar-refractivity contribution in [3.05, 3.63) is 18.0 Å². The van der Waals surface area contributed by atoms with Gasteiger partial charge in [-0.2, -0.15) is 5.10 Å². The van der Waals surface area contributed by atoms with Crippen LogP contribution >= 0.6 is 0 Å². The average molecular weight is 212 g/mol. The van der Waals surface area contributed by atoms with Crippen LogP contribution in [-0.4, -0.2) is 33.7 Å². The molecule has 1 aromatic heterocycles. The Balaban J connectivity index is 2.46. The van der Waals surface area contributed by atoms with Gasteiger partial charge in [0.2, 0.25) is 0 Å². The van der Waals surface area contributed by atoms with E-state index in [2.05, 4.69) is 5.10 Å². The third kappa shape index (κ3) is 4.01. The highest BCUT2D eigenvalue weighted by molar-refractivity contribution is 5.05. The lowest BCUT2D eigenvalue weighted by molar-refractivity contribution is -0.0190. The maximum Gasteiger partial charge on any atom is 0.0647 e. The molecule has 0 fully saturated rings. The van der Waals surface area contributed by atoms with Crippen LogP contribution in [0.4, 0.5) is 0 Å². The van der Waals surface area contributed by atoms with Crippen LogP contribution in [0, 0.1) is 0 Å². The molecule has 0 radical (unpaired) electrons. The number of aliphatic hydroxyl groups is 1. The standard InChI is InChI=1S/C11H20N2O2/c1-11(2,15-4)6-10(14)5-9-7-12-13(3)8-9/h7-8,10,14H,5-6H2,1-4H3. The summed E-state index contributed by atoms with van der Waals surface area (Å²) in [6.07, 6.45) is 4.56. The van der Waals surface area contributed by atoms with Gasteiger partial charge in [-0.05, 0) is 19.4 Å². The van der Waals surface area contributed by atoms with E-state index in [1.165, 1.54) is 0 Å². The molecule has 1 unspecified atom stereocenters. The normalized spacial score (nSPS) is 14.2. The molecule has 4 heteroatoms. The summed E-state index contributed by atoms with van der Waals surface area (Å²) < 4.78 is 7.01. The Labute approximate surface area is 90.9 Å². The maximum absolute atomic E-state index is 9.86. The fraction of sp³-hybridized carbons (Fsp3) is 0.727. The fourth-order valence-corrected chi connectivity index (χ4v) is 1.57. The molecule has 1 rings (SSSR count). The summed E-state index contributed by atoms with van der Waals surface area (Å²) in [6, 6.07) is 0. The second-order valence-corrected chi connectivity index (χ2v) is 4.55. The predicted molar refractivity (Wildman–Crippen MR) is 58.6 cm³/mol. The lowest BCUT2D eigenvalue weighted by Crippen LogP contribution is -2.29. The Morgan fingerprint density at radius 2 is 2.27 bits per heavy atom. The average Bonchev–Trinajstić information content (AvgIpc) is 2.50. The van der Waals surface area contributed by atoms with E-state index in [0.717, 1.165) is 5.56 Å². The third-order valence-electron chi connectivity index (χ3n) is 2.51. The summed E-state index contributed by atoms with van der Waals surface area (Å²) in [7, 11) is 3.53. The molecule has 1 N–H and O–H groups in total. The van der Waals surface area contributed by atoms with Gasteiger partial charge in [0.25, 0.3) is 0 Å². The summed E-state index contributed by atoms with van der Waals surface area (Å²) in [4.78, 5) is 0. The number of methoxy groups -OCH3 is 1. The van der Waals surface area contributed by atoms with Crippen LogP contribution in [0.25, 0.3) is 0 Å². The van der Waals surface area contributed by atoms with Crippen molar-refractivity contribution in [2.75, 3.05) is 7.11 Å². The van der Waals surface area contributed by atoms with E-state index in [1.54, 1.807) is 18.0 Å². The van der Waals surface area contributed by atoms with Crippen LogP contribution in [-0.2, 0) is 18.2 Å². The van der Waals surface area contributed by atoms with E-state index in [4.69, 9.17) is 4.74 Å². The SMILES string of the molecule is COC(C)(C)CC(O)Cc1cnn(C)c1. The Bertz CT molecular complexity index is 307. The number of rotatable bonds is 5. The molecular formula is C11H20N2O2. The first-order valence-corrected chi connectivity index (χ1v) is 5.14. The molecular weight excluding hydrogens is 192 g/mol. The number of hydrogen-bond acceptors (Lipinski definition) is 3. The number of ether oxygens (including phenoxy) is 1. The second kappa shape index (κ2) is 4.77. The molecule has 0 aromatic carbocycles. The van der Waals surface area contributed by atoms with Crippen molar-refractivity contribution in [2.45, 2.75) is 38.4 Å². The third-order valence-corrected chi connectivity index (χ3v) is 2.51. The van der Waals surface area contributed by atoms with Crippen molar-refractivity contribution < 1.29 is 9.84 Å². The smallest absolute Gasteiger partial charge is 0.0647 e. The topological polar surface area (TPSA) is 47.3 Å². The quantitative estimate of drug-likeness (QED) is 0.796. The highest BCUT2D eigenvalue weighted by Crippen LogP contribution is 2.17. The van der Waals surface area contributed by atoms with E-state index >= 15 is 0 Å². The Hall–Kier alpha value is -0.870. The van der Waals surface area contributed by atoms with Gasteiger partial charge < -0.3 is 9.84 Å². The van der Waals surface area contributed by atoms with E-state index in [9.17, 15) is 5.11 Å². The van der Waals surface area contributed by atoms with Crippen LogP contribution in [0.15, 0.2) is 12.4 Å². The monoisotopic (exact) mass is 212 g/mol. The molecule has 15 heavy (non-hydrogen) atoms. The van der Waals surface area contributed by atoms with Crippen LogP contribution < -0.4 is 0 Å². The molecule has 0 spiro atoms. The lowest BCUT2D eigenvalue weighted by atomic mass is 9.97. The molecule has 0 aliphatic rings. The highest BCUT2D eigenvalue weighted by atomic mass is 16.5. The molecule has 0 bridgehead atoms. The van der Waals surface area contributed by atoms with Gasteiger partial charge in [0.1, 0.15) is 0 Å². The van der Waals surface area contributed by atoms with Gasteiger partial charge >= 0.3 is 0 Å². The van der Waals surface area contributed by atoms with Crippen molar-refractivity contribution in [3.8, 4) is 0 Å². The summed E-state index contributed by atoms with van der Waals surface area (Å²) >= 11 is 0. The van der Waals surface area contributed by atoms with Gasteiger partial charge in [-0.3, -0.25) is 4.68 Å².